The Hall–Kier alpha value is -0.910. The lowest BCUT2D eigenvalue weighted by Crippen LogP contribution is -2.62. The Labute approximate surface area is 124 Å². The number of hydrogen-bond donors (Lipinski definition) is 0. The van der Waals surface area contributed by atoms with Crippen molar-refractivity contribution in [3.05, 3.63) is 22.4 Å². The van der Waals surface area contributed by atoms with Gasteiger partial charge in [0.25, 0.3) is 0 Å². The summed E-state index contributed by atoms with van der Waals surface area (Å²) in [4.78, 5) is 17.5. The van der Waals surface area contributed by atoms with Crippen molar-refractivity contribution in [2.45, 2.75) is 38.0 Å². The van der Waals surface area contributed by atoms with Crippen LogP contribution in [-0.4, -0.2) is 54.1 Å². The molecule has 2 aliphatic heterocycles. The van der Waals surface area contributed by atoms with Gasteiger partial charge in [0.15, 0.2) is 0 Å². The van der Waals surface area contributed by atoms with E-state index in [1.807, 2.05) is 23.3 Å². The Bertz CT molecular complexity index is 466. The van der Waals surface area contributed by atoms with Crippen molar-refractivity contribution in [3.63, 3.8) is 0 Å². The monoisotopic (exact) mass is 294 g/mol. The number of carbonyl (C=O) groups excluding carboxylic acids is 1. The van der Waals surface area contributed by atoms with Crippen molar-refractivity contribution in [1.29, 1.82) is 0 Å². The fourth-order valence-corrected chi connectivity index (χ4v) is 4.02. The molecule has 0 bridgehead atoms. The minimum Gasteiger partial charge on any atom is -0.363 e. The fraction of sp³-hybridized carbons (Fsp3) is 0.667. The van der Waals surface area contributed by atoms with Gasteiger partial charge in [-0.15, -0.1) is 11.3 Å². The van der Waals surface area contributed by atoms with E-state index in [9.17, 15) is 4.79 Å². The Kier molecular flexibility index (Phi) is 3.84. The Morgan fingerprint density at radius 2 is 2.20 bits per heavy atom. The number of carbonyl (C=O) groups is 1. The van der Waals surface area contributed by atoms with Crippen molar-refractivity contribution in [2.24, 2.45) is 0 Å². The van der Waals surface area contributed by atoms with E-state index in [1.54, 1.807) is 0 Å². The second-order valence-corrected chi connectivity index (χ2v) is 6.92. The molecular weight excluding hydrogens is 272 g/mol. The van der Waals surface area contributed by atoms with Crippen LogP contribution in [0.1, 0.15) is 24.6 Å². The lowest BCUT2D eigenvalue weighted by molar-refractivity contribution is -0.183. The maximum absolute atomic E-state index is 11.7. The van der Waals surface area contributed by atoms with Crippen LogP contribution in [-0.2, 0) is 16.1 Å². The first-order chi connectivity index (χ1) is 9.61. The number of amides is 1. The number of thiophene rings is 1. The summed E-state index contributed by atoms with van der Waals surface area (Å²) in [5.41, 5.74) is -0.130. The van der Waals surface area contributed by atoms with Crippen LogP contribution in [0.4, 0.5) is 0 Å². The first-order valence-electron chi connectivity index (χ1n) is 7.25. The first kappa shape index (κ1) is 14.0. The van der Waals surface area contributed by atoms with E-state index in [2.05, 4.69) is 29.3 Å². The van der Waals surface area contributed by atoms with Crippen LogP contribution in [0.15, 0.2) is 17.5 Å². The summed E-state index contributed by atoms with van der Waals surface area (Å²) in [5.74, 6) is 0.101. The maximum Gasteiger partial charge on any atom is 0.248 e. The summed E-state index contributed by atoms with van der Waals surface area (Å²) in [6.07, 6.45) is 2.02. The Morgan fingerprint density at radius 3 is 2.85 bits per heavy atom. The number of nitrogens with zero attached hydrogens (tertiary/aromatic N) is 2. The molecule has 1 atom stereocenters. The van der Waals surface area contributed by atoms with Gasteiger partial charge in [-0.1, -0.05) is 6.07 Å². The highest BCUT2D eigenvalue weighted by Crippen LogP contribution is 2.35. The molecule has 5 heteroatoms. The third-order valence-electron chi connectivity index (χ3n) is 4.88. The van der Waals surface area contributed by atoms with Crippen LogP contribution in [0.2, 0.25) is 0 Å². The van der Waals surface area contributed by atoms with Crippen molar-refractivity contribution in [3.8, 4) is 0 Å². The van der Waals surface area contributed by atoms with Gasteiger partial charge in [0.2, 0.25) is 5.91 Å². The number of morpholine rings is 1. The van der Waals surface area contributed by atoms with Gasteiger partial charge in [-0.05, 0) is 31.2 Å². The molecule has 3 rings (SSSR count). The first-order valence-corrected chi connectivity index (χ1v) is 8.13. The summed E-state index contributed by atoms with van der Waals surface area (Å²) < 4.78 is 5.97. The van der Waals surface area contributed by atoms with E-state index in [4.69, 9.17) is 4.74 Å². The molecule has 1 spiro atoms. The maximum atomic E-state index is 11.7. The zero-order chi connectivity index (χ0) is 14.2. The third-order valence-corrected chi connectivity index (χ3v) is 5.74. The average molecular weight is 294 g/mol. The lowest BCUT2D eigenvalue weighted by atomic mass is 9.83. The van der Waals surface area contributed by atoms with Gasteiger partial charge < -0.3 is 9.64 Å². The van der Waals surface area contributed by atoms with E-state index in [1.165, 1.54) is 4.88 Å². The normalized spacial score (nSPS) is 27.2. The van der Waals surface area contributed by atoms with Gasteiger partial charge in [0.1, 0.15) is 6.61 Å². The molecule has 1 unspecified atom stereocenters. The molecule has 0 aliphatic carbocycles. The Morgan fingerprint density at radius 1 is 1.45 bits per heavy atom. The number of hydrogen-bond acceptors (Lipinski definition) is 4. The van der Waals surface area contributed by atoms with Crippen molar-refractivity contribution < 1.29 is 9.53 Å². The van der Waals surface area contributed by atoms with Crippen molar-refractivity contribution in [2.75, 3.05) is 26.7 Å². The molecular formula is C15H22N2O2S. The molecule has 0 saturated carbocycles. The Balaban J connectivity index is 1.61. The summed E-state index contributed by atoms with van der Waals surface area (Å²) in [6.45, 7) is 5.49. The van der Waals surface area contributed by atoms with Gasteiger partial charge >= 0.3 is 0 Å². The van der Waals surface area contributed by atoms with E-state index >= 15 is 0 Å². The van der Waals surface area contributed by atoms with Crippen LogP contribution in [0.25, 0.3) is 0 Å². The molecule has 1 amide bonds. The topological polar surface area (TPSA) is 32.8 Å². The smallest absolute Gasteiger partial charge is 0.248 e. The predicted octanol–water partition coefficient (Wildman–Crippen LogP) is 1.96. The predicted molar refractivity (Wildman–Crippen MR) is 79.7 cm³/mol. The highest BCUT2D eigenvalue weighted by atomic mass is 32.1. The molecule has 1 aromatic heterocycles. The lowest BCUT2D eigenvalue weighted by Gasteiger charge is -2.50. The van der Waals surface area contributed by atoms with Gasteiger partial charge in [0, 0.05) is 31.6 Å². The summed E-state index contributed by atoms with van der Waals surface area (Å²) in [7, 11) is 1.90. The highest BCUT2D eigenvalue weighted by molar-refractivity contribution is 7.09. The van der Waals surface area contributed by atoms with Crippen LogP contribution < -0.4 is 0 Å². The van der Waals surface area contributed by atoms with Gasteiger partial charge in [0.05, 0.1) is 11.6 Å². The van der Waals surface area contributed by atoms with Gasteiger partial charge in [-0.2, -0.15) is 0 Å². The molecule has 2 fully saturated rings. The summed E-state index contributed by atoms with van der Waals surface area (Å²) in [6, 6.07) is 4.48. The van der Waals surface area contributed by atoms with Gasteiger partial charge in [-0.3, -0.25) is 9.69 Å². The van der Waals surface area contributed by atoms with E-state index in [-0.39, 0.29) is 24.2 Å². The van der Waals surface area contributed by atoms with Gasteiger partial charge in [-0.25, -0.2) is 0 Å². The fourth-order valence-electron chi connectivity index (χ4n) is 3.27. The zero-order valence-electron chi connectivity index (χ0n) is 12.2. The molecule has 1 aromatic rings. The number of likely N-dealkylation sites (tertiary alicyclic amines) is 1. The molecule has 2 aliphatic rings. The molecule has 3 heterocycles. The van der Waals surface area contributed by atoms with Crippen molar-refractivity contribution in [1.82, 2.24) is 9.80 Å². The van der Waals surface area contributed by atoms with Crippen LogP contribution in [0, 0.1) is 0 Å². The second-order valence-electron chi connectivity index (χ2n) is 5.89. The van der Waals surface area contributed by atoms with E-state index in [0.717, 1.165) is 32.5 Å². The third kappa shape index (κ3) is 2.50. The molecule has 2 saturated heterocycles. The second kappa shape index (κ2) is 5.47. The standard InChI is InChI=1S/C15H22N2O2S/c1-12-15(19-11-14(18)16(12)2)5-7-17(8-6-15)10-13-4-3-9-20-13/h3-4,9,12H,5-8,10-11H2,1-2H3. The molecule has 20 heavy (non-hydrogen) atoms. The summed E-state index contributed by atoms with van der Waals surface area (Å²) >= 11 is 1.82. The molecule has 0 aromatic carbocycles. The highest BCUT2D eigenvalue weighted by Gasteiger charge is 2.46. The van der Waals surface area contributed by atoms with Crippen molar-refractivity contribution >= 4 is 17.2 Å². The number of ether oxygens (including phenoxy) is 1. The van der Waals surface area contributed by atoms with Crippen LogP contribution in [0.3, 0.4) is 0 Å². The minimum absolute atomic E-state index is 0.101. The average Bonchev–Trinajstić information content (AvgIpc) is 2.96. The zero-order valence-corrected chi connectivity index (χ0v) is 13.0. The number of piperidine rings is 1. The molecule has 0 N–H and O–H groups in total. The summed E-state index contributed by atoms with van der Waals surface area (Å²) in [5, 5.41) is 2.13. The van der Waals surface area contributed by atoms with E-state index < -0.39 is 0 Å². The minimum atomic E-state index is -0.130. The molecule has 4 nitrogen and oxygen atoms in total. The molecule has 110 valence electrons. The van der Waals surface area contributed by atoms with Crippen LogP contribution >= 0.6 is 11.3 Å². The SMILES string of the molecule is CC1N(C)C(=O)COC12CCN(Cc1cccs1)CC2. The molecule has 0 radical (unpaired) electrons. The largest absolute Gasteiger partial charge is 0.363 e. The van der Waals surface area contributed by atoms with E-state index in [0.29, 0.717) is 0 Å². The quantitative estimate of drug-likeness (QED) is 0.836. The number of likely N-dealkylation sites (N-methyl/N-ethyl adjacent to an activating group) is 1. The number of rotatable bonds is 2. The van der Waals surface area contributed by atoms with Crippen LogP contribution in [0.5, 0.6) is 0 Å².